The smallest absolute Gasteiger partial charge is 0.272 e. The van der Waals surface area contributed by atoms with E-state index in [2.05, 4.69) is 14.2 Å². The number of carbonyl (C=O) groups is 1. The van der Waals surface area contributed by atoms with Crippen molar-refractivity contribution in [2.75, 3.05) is 11.9 Å². The van der Waals surface area contributed by atoms with Gasteiger partial charge in [-0.05, 0) is 75.1 Å². The number of carbonyl (C=O) groups excluding carboxylic acids is 1. The maximum absolute atomic E-state index is 13.7. The molecule has 1 saturated heterocycles. The average Bonchev–Trinajstić information content (AvgIpc) is 2.91. The summed E-state index contributed by atoms with van der Waals surface area (Å²) in [6, 6.07) is 3.86. The van der Waals surface area contributed by atoms with Crippen molar-refractivity contribution in [3.8, 4) is 0 Å². The molecule has 2 aromatic rings. The van der Waals surface area contributed by atoms with Gasteiger partial charge in [0.15, 0.2) is 11.6 Å². The van der Waals surface area contributed by atoms with Crippen LogP contribution in [0.5, 0.6) is 0 Å². The highest BCUT2D eigenvalue weighted by atomic mass is 32.2. The number of aliphatic hydroxyl groups is 2. The van der Waals surface area contributed by atoms with Crippen molar-refractivity contribution >= 4 is 23.5 Å². The zero-order valence-corrected chi connectivity index (χ0v) is 19.9. The summed E-state index contributed by atoms with van der Waals surface area (Å²) in [6.07, 6.45) is 6.55. The SMILES string of the molecule is Cc1c(SN2C3CCC34C2CC4(O)CO)c2n(c1C(=O)Nc1ccc(F)c(F)c1)CCCCC2. The van der Waals surface area contributed by atoms with E-state index >= 15 is 0 Å². The molecule has 2 saturated carbocycles. The lowest BCUT2D eigenvalue weighted by atomic mass is 9.37. The standard InChI is InChI=1S/C25H29F2N3O3S/c1-14-21(23(32)28-15-6-7-16(26)17(27)11-15)29-10-4-2-3-5-18(29)22(14)34-30-19-8-9-25(19)20(30)12-24(25,33)13-31/h6-7,11,19-20,31,33H,2-5,8-10,12-13H2,1H3,(H,28,32). The third kappa shape index (κ3) is 2.87. The normalized spacial score (nSPS) is 31.8. The Kier molecular flexibility index (Phi) is 5.15. The van der Waals surface area contributed by atoms with Crippen molar-refractivity contribution in [2.24, 2.45) is 5.41 Å². The van der Waals surface area contributed by atoms with Crippen molar-refractivity contribution in [2.45, 2.75) is 81.0 Å². The first-order valence-electron chi connectivity index (χ1n) is 12.1. The second kappa shape index (κ2) is 7.78. The maximum Gasteiger partial charge on any atom is 0.272 e. The van der Waals surface area contributed by atoms with Gasteiger partial charge in [-0.3, -0.25) is 4.79 Å². The third-order valence-electron chi connectivity index (χ3n) is 8.73. The number of aliphatic hydroxyl groups excluding tert-OH is 1. The molecule has 182 valence electrons. The lowest BCUT2D eigenvalue weighted by molar-refractivity contribution is -0.348. The van der Waals surface area contributed by atoms with E-state index in [1.807, 2.05) is 6.92 Å². The predicted octanol–water partition coefficient (Wildman–Crippen LogP) is 4.02. The van der Waals surface area contributed by atoms with Crippen molar-refractivity contribution in [1.82, 2.24) is 8.87 Å². The van der Waals surface area contributed by atoms with Crippen LogP contribution in [0.4, 0.5) is 14.5 Å². The van der Waals surface area contributed by atoms with Gasteiger partial charge >= 0.3 is 0 Å². The molecule has 9 heteroatoms. The number of nitrogens with one attached hydrogen (secondary N) is 1. The fourth-order valence-electron chi connectivity index (χ4n) is 6.83. The number of piperidine rings is 2. The number of amides is 1. The van der Waals surface area contributed by atoms with E-state index in [0.717, 1.165) is 73.4 Å². The van der Waals surface area contributed by atoms with Crippen LogP contribution in [0.1, 0.15) is 60.3 Å². The average molecular weight is 490 g/mol. The Bertz CT molecular complexity index is 1180. The first-order valence-corrected chi connectivity index (χ1v) is 12.9. The minimum absolute atomic E-state index is 0.174. The summed E-state index contributed by atoms with van der Waals surface area (Å²) in [4.78, 5) is 14.4. The van der Waals surface area contributed by atoms with Crippen molar-refractivity contribution in [1.29, 1.82) is 0 Å². The molecule has 0 radical (unpaired) electrons. The Balaban J connectivity index is 1.30. The van der Waals surface area contributed by atoms with Crippen LogP contribution < -0.4 is 5.32 Å². The molecule has 4 atom stereocenters. The second-order valence-electron chi connectivity index (χ2n) is 10.3. The molecule has 0 bridgehead atoms. The summed E-state index contributed by atoms with van der Waals surface area (Å²) in [5.41, 5.74) is 1.72. The molecule has 1 amide bonds. The first-order chi connectivity index (χ1) is 16.3. The molecule has 1 spiro atoms. The molecular weight excluding hydrogens is 460 g/mol. The molecular formula is C25H29F2N3O3S. The summed E-state index contributed by atoms with van der Waals surface area (Å²) in [5, 5.41) is 23.3. The van der Waals surface area contributed by atoms with Gasteiger partial charge in [0.2, 0.25) is 0 Å². The van der Waals surface area contributed by atoms with E-state index in [1.54, 1.807) is 11.9 Å². The van der Waals surface area contributed by atoms with Gasteiger partial charge in [0.05, 0.1) is 12.2 Å². The van der Waals surface area contributed by atoms with Crippen LogP contribution in [0.15, 0.2) is 23.1 Å². The Morgan fingerprint density at radius 2 is 2.06 bits per heavy atom. The molecule has 34 heavy (non-hydrogen) atoms. The lowest BCUT2D eigenvalue weighted by Gasteiger charge is -2.81. The molecule has 1 aromatic heterocycles. The summed E-state index contributed by atoms with van der Waals surface area (Å²) in [5.74, 6) is -2.27. The predicted molar refractivity (Wildman–Crippen MR) is 125 cm³/mol. The van der Waals surface area contributed by atoms with Crippen LogP contribution in [0.25, 0.3) is 0 Å². The van der Waals surface area contributed by atoms with Gasteiger partial charge in [0, 0.05) is 46.4 Å². The fourth-order valence-corrected chi connectivity index (χ4v) is 8.41. The number of halogens is 2. The highest BCUT2D eigenvalue weighted by Crippen LogP contribution is 2.74. The minimum Gasteiger partial charge on any atom is -0.393 e. The maximum atomic E-state index is 13.7. The quantitative estimate of drug-likeness (QED) is 0.553. The summed E-state index contributed by atoms with van der Waals surface area (Å²) in [6.45, 7) is 2.52. The molecule has 3 N–H and O–H groups in total. The molecule has 4 aliphatic rings. The zero-order valence-electron chi connectivity index (χ0n) is 19.1. The van der Waals surface area contributed by atoms with Crippen molar-refractivity contribution in [3.63, 3.8) is 0 Å². The van der Waals surface area contributed by atoms with E-state index in [9.17, 15) is 23.8 Å². The first kappa shape index (κ1) is 22.5. The molecule has 3 fully saturated rings. The van der Waals surface area contributed by atoms with E-state index in [0.29, 0.717) is 12.1 Å². The number of benzene rings is 1. The van der Waals surface area contributed by atoms with E-state index < -0.39 is 17.2 Å². The summed E-state index contributed by atoms with van der Waals surface area (Å²) >= 11 is 1.69. The fraction of sp³-hybridized carbons (Fsp3) is 0.560. The molecule has 3 heterocycles. The molecule has 2 aliphatic heterocycles. The molecule has 6 rings (SSSR count). The minimum atomic E-state index is -0.996. The van der Waals surface area contributed by atoms with Crippen molar-refractivity contribution < 1.29 is 23.8 Å². The van der Waals surface area contributed by atoms with Gasteiger partial charge < -0.3 is 20.1 Å². The van der Waals surface area contributed by atoms with Crippen LogP contribution in [-0.2, 0) is 13.0 Å². The van der Waals surface area contributed by atoms with Gasteiger partial charge in [-0.15, -0.1) is 0 Å². The Labute approximate surface area is 201 Å². The highest BCUT2D eigenvalue weighted by Gasteiger charge is 2.81. The van der Waals surface area contributed by atoms with Crippen LogP contribution in [0.3, 0.4) is 0 Å². The zero-order chi connectivity index (χ0) is 23.8. The lowest BCUT2D eigenvalue weighted by Crippen LogP contribution is -2.90. The number of hydrogen-bond acceptors (Lipinski definition) is 5. The van der Waals surface area contributed by atoms with E-state index in [4.69, 9.17) is 0 Å². The van der Waals surface area contributed by atoms with Crippen LogP contribution in [0.2, 0.25) is 0 Å². The van der Waals surface area contributed by atoms with Crippen LogP contribution >= 0.6 is 11.9 Å². The molecule has 1 aromatic carbocycles. The van der Waals surface area contributed by atoms with Crippen LogP contribution in [-0.4, -0.2) is 49.3 Å². The van der Waals surface area contributed by atoms with Crippen molar-refractivity contribution in [3.05, 3.63) is 46.8 Å². The Morgan fingerprint density at radius 1 is 1.24 bits per heavy atom. The van der Waals surface area contributed by atoms with E-state index in [-0.39, 0.29) is 35.7 Å². The van der Waals surface area contributed by atoms with E-state index in [1.165, 1.54) is 6.07 Å². The number of hydrogen-bond donors (Lipinski definition) is 3. The third-order valence-corrected chi connectivity index (χ3v) is 10.2. The number of anilines is 1. The van der Waals surface area contributed by atoms with Crippen LogP contribution in [0, 0.1) is 24.0 Å². The highest BCUT2D eigenvalue weighted by molar-refractivity contribution is 7.97. The molecule has 2 aliphatic carbocycles. The number of nitrogens with zero attached hydrogens (tertiary/aromatic N) is 2. The van der Waals surface area contributed by atoms with Gasteiger partial charge in [-0.1, -0.05) is 6.42 Å². The van der Waals surface area contributed by atoms with Gasteiger partial charge in [-0.25, -0.2) is 13.1 Å². The number of fused-ring (bicyclic) bond motifs is 1. The summed E-state index contributed by atoms with van der Waals surface area (Å²) < 4.78 is 31.5. The topological polar surface area (TPSA) is 77.7 Å². The second-order valence-corrected chi connectivity index (χ2v) is 11.3. The monoisotopic (exact) mass is 489 g/mol. The largest absolute Gasteiger partial charge is 0.393 e. The Hall–Kier alpha value is -1.94. The van der Waals surface area contributed by atoms with Gasteiger partial charge in [0.1, 0.15) is 5.69 Å². The molecule has 6 nitrogen and oxygen atoms in total. The van der Waals surface area contributed by atoms with Gasteiger partial charge in [-0.2, -0.15) is 0 Å². The summed E-state index contributed by atoms with van der Waals surface area (Å²) in [7, 11) is 0. The van der Waals surface area contributed by atoms with Gasteiger partial charge in [0.25, 0.3) is 5.91 Å². The Morgan fingerprint density at radius 3 is 2.74 bits per heavy atom. The molecule has 4 unspecified atom stereocenters. The number of rotatable bonds is 5. The number of aromatic nitrogens is 1.